The molecule has 1 aromatic rings. The van der Waals surface area contributed by atoms with E-state index in [1.54, 1.807) is 25.1 Å². The maximum absolute atomic E-state index is 10.7. The zero-order valence-corrected chi connectivity index (χ0v) is 11.0. The van der Waals surface area contributed by atoms with Gasteiger partial charge in [-0.2, -0.15) is 0 Å². The molecule has 2 rings (SSSR count). The number of benzene rings is 1. The fourth-order valence-corrected chi connectivity index (χ4v) is 2.06. The summed E-state index contributed by atoms with van der Waals surface area (Å²) in [5.41, 5.74) is 1.94. The highest BCUT2D eigenvalue weighted by atomic mass is 16.5. The van der Waals surface area contributed by atoms with E-state index in [2.05, 4.69) is 4.99 Å². The number of aliphatic carboxylic acids is 2. The van der Waals surface area contributed by atoms with Crippen LogP contribution in [0, 0.1) is 0 Å². The minimum absolute atomic E-state index is 0.0178. The minimum atomic E-state index is -0.901. The van der Waals surface area contributed by atoms with E-state index in [9.17, 15) is 9.59 Å². The van der Waals surface area contributed by atoms with Crippen molar-refractivity contribution in [3.63, 3.8) is 0 Å². The van der Waals surface area contributed by atoms with Crippen LogP contribution in [0.4, 0.5) is 5.69 Å². The third-order valence-electron chi connectivity index (χ3n) is 3.03. The van der Waals surface area contributed by atoms with Crippen LogP contribution in [0.5, 0.6) is 5.75 Å². The van der Waals surface area contributed by atoms with E-state index in [1.807, 2.05) is 0 Å². The van der Waals surface area contributed by atoms with Gasteiger partial charge in [-0.1, -0.05) is 6.07 Å². The third kappa shape index (κ3) is 3.34. The lowest BCUT2D eigenvalue weighted by molar-refractivity contribution is -0.137. The number of hydrogen-bond donors (Lipinski definition) is 2. The fourth-order valence-electron chi connectivity index (χ4n) is 2.06. The maximum atomic E-state index is 10.7. The van der Waals surface area contributed by atoms with Gasteiger partial charge in [0.15, 0.2) is 0 Å². The average Bonchev–Trinajstić information content (AvgIpc) is 2.35. The number of nitrogens with zero attached hydrogens (tertiary/aromatic N) is 1. The van der Waals surface area contributed by atoms with Gasteiger partial charge in [0.2, 0.25) is 0 Å². The van der Waals surface area contributed by atoms with Crippen LogP contribution in [0.2, 0.25) is 0 Å². The van der Waals surface area contributed by atoms with Gasteiger partial charge in [0, 0.05) is 12.8 Å². The number of aliphatic imine (C=N–C) groups is 1. The van der Waals surface area contributed by atoms with E-state index in [0.29, 0.717) is 29.1 Å². The quantitative estimate of drug-likeness (QED) is 0.858. The molecular weight excluding hydrogens is 262 g/mol. The van der Waals surface area contributed by atoms with Crippen molar-refractivity contribution in [3.05, 3.63) is 23.8 Å². The molecule has 1 aromatic carbocycles. The molecule has 0 bridgehead atoms. The number of carbonyl (C=O) groups is 2. The molecule has 0 saturated heterocycles. The molecule has 1 heterocycles. The van der Waals surface area contributed by atoms with Crippen LogP contribution in [0.25, 0.3) is 0 Å². The van der Waals surface area contributed by atoms with E-state index in [4.69, 9.17) is 14.9 Å². The van der Waals surface area contributed by atoms with Gasteiger partial charge in [0.05, 0.1) is 12.1 Å². The van der Waals surface area contributed by atoms with Gasteiger partial charge in [0.1, 0.15) is 17.5 Å². The number of ether oxygens (including phenoxy) is 1. The number of rotatable bonds is 5. The van der Waals surface area contributed by atoms with E-state index >= 15 is 0 Å². The number of carboxylic acids is 2. The van der Waals surface area contributed by atoms with E-state index in [0.717, 1.165) is 0 Å². The largest absolute Gasteiger partial charge is 0.482 e. The summed E-state index contributed by atoms with van der Waals surface area (Å²) >= 11 is 0. The van der Waals surface area contributed by atoms with Crippen LogP contribution < -0.4 is 4.74 Å². The maximum Gasteiger partial charge on any atom is 0.307 e. The predicted octanol–water partition coefficient (Wildman–Crippen LogP) is 2.03. The zero-order valence-electron chi connectivity index (χ0n) is 11.0. The number of hydrogen-bond acceptors (Lipinski definition) is 4. The number of carboxylic acid groups (broad SMARTS) is 2. The molecule has 106 valence electrons. The molecule has 0 fully saturated rings. The van der Waals surface area contributed by atoms with Gasteiger partial charge in [0.25, 0.3) is 0 Å². The Bertz CT molecular complexity index is 579. The third-order valence-corrected chi connectivity index (χ3v) is 3.03. The first kappa shape index (κ1) is 14.0. The second-order valence-electron chi connectivity index (χ2n) is 4.66. The van der Waals surface area contributed by atoms with Crippen molar-refractivity contribution >= 4 is 23.3 Å². The smallest absolute Gasteiger partial charge is 0.307 e. The second-order valence-corrected chi connectivity index (χ2v) is 4.66. The molecule has 2 N–H and O–H groups in total. The first-order valence-corrected chi connectivity index (χ1v) is 6.24. The summed E-state index contributed by atoms with van der Waals surface area (Å²) in [6.45, 7) is 1.78. The second kappa shape index (κ2) is 5.73. The highest BCUT2D eigenvalue weighted by Gasteiger charge is 2.22. The molecule has 0 saturated carbocycles. The van der Waals surface area contributed by atoms with Gasteiger partial charge >= 0.3 is 11.9 Å². The molecule has 1 unspecified atom stereocenters. The molecule has 0 aliphatic carbocycles. The van der Waals surface area contributed by atoms with Gasteiger partial charge < -0.3 is 14.9 Å². The van der Waals surface area contributed by atoms with Crippen molar-refractivity contribution in [2.75, 3.05) is 0 Å². The van der Waals surface area contributed by atoms with Crippen LogP contribution in [0.15, 0.2) is 23.2 Å². The summed E-state index contributed by atoms with van der Waals surface area (Å²) < 4.78 is 5.71. The van der Waals surface area contributed by atoms with Crippen molar-refractivity contribution in [1.82, 2.24) is 0 Å². The van der Waals surface area contributed by atoms with Crippen molar-refractivity contribution < 1.29 is 24.5 Å². The zero-order chi connectivity index (χ0) is 14.7. The Hall–Kier alpha value is -2.37. The summed E-state index contributed by atoms with van der Waals surface area (Å²) in [4.78, 5) is 25.6. The van der Waals surface area contributed by atoms with Gasteiger partial charge in [-0.05, 0) is 24.6 Å². The Morgan fingerprint density at radius 1 is 1.30 bits per heavy atom. The molecule has 6 nitrogen and oxygen atoms in total. The first-order valence-electron chi connectivity index (χ1n) is 6.24. The molecule has 1 atom stereocenters. The van der Waals surface area contributed by atoms with Crippen molar-refractivity contribution in [2.24, 2.45) is 4.99 Å². The Morgan fingerprint density at radius 2 is 2.05 bits per heavy atom. The molecule has 1 aliphatic rings. The fraction of sp³-hybridized carbons (Fsp3) is 0.357. The lowest BCUT2D eigenvalue weighted by Gasteiger charge is -2.24. The Morgan fingerprint density at radius 3 is 2.70 bits per heavy atom. The van der Waals surface area contributed by atoms with Crippen LogP contribution in [-0.2, 0) is 16.0 Å². The van der Waals surface area contributed by atoms with Crippen LogP contribution in [0.3, 0.4) is 0 Å². The van der Waals surface area contributed by atoms with E-state index in [-0.39, 0.29) is 18.9 Å². The van der Waals surface area contributed by atoms with E-state index in [1.165, 1.54) is 0 Å². The molecule has 0 aromatic heterocycles. The molecule has 6 heteroatoms. The molecule has 1 aliphatic heterocycles. The lowest BCUT2D eigenvalue weighted by Crippen LogP contribution is -2.28. The van der Waals surface area contributed by atoms with E-state index < -0.39 is 11.9 Å². The monoisotopic (exact) mass is 277 g/mol. The minimum Gasteiger partial charge on any atom is -0.482 e. The molecule has 20 heavy (non-hydrogen) atoms. The number of fused-ring (bicyclic) bond motifs is 1. The Balaban J connectivity index is 2.17. The SMILES string of the molecule is CC1=Nc2cc(CC(=O)O)ccc2OC1CCC(=O)O. The predicted molar refractivity (Wildman–Crippen MR) is 71.8 cm³/mol. The molecule has 0 amide bonds. The molecule has 0 radical (unpaired) electrons. The highest BCUT2D eigenvalue weighted by Crippen LogP contribution is 2.34. The highest BCUT2D eigenvalue weighted by molar-refractivity contribution is 5.91. The summed E-state index contributed by atoms with van der Waals surface area (Å²) in [5, 5.41) is 17.5. The summed E-state index contributed by atoms with van der Waals surface area (Å²) in [6.07, 6.45) is -0.0289. The molecule has 0 spiro atoms. The van der Waals surface area contributed by atoms with Crippen molar-refractivity contribution in [1.29, 1.82) is 0 Å². The van der Waals surface area contributed by atoms with Gasteiger partial charge in [-0.15, -0.1) is 0 Å². The van der Waals surface area contributed by atoms with Crippen molar-refractivity contribution in [3.8, 4) is 5.75 Å². The van der Waals surface area contributed by atoms with Crippen LogP contribution in [0.1, 0.15) is 25.3 Å². The summed E-state index contributed by atoms with van der Waals surface area (Å²) in [6, 6.07) is 5.04. The Labute approximate surface area is 115 Å². The first-order chi connectivity index (χ1) is 9.45. The summed E-state index contributed by atoms with van der Waals surface area (Å²) in [5.74, 6) is -1.22. The lowest BCUT2D eigenvalue weighted by atomic mass is 10.1. The van der Waals surface area contributed by atoms with Gasteiger partial charge in [-0.25, -0.2) is 0 Å². The van der Waals surface area contributed by atoms with Crippen molar-refractivity contribution in [2.45, 2.75) is 32.3 Å². The Kier molecular flexibility index (Phi) is 4.02. The normalized spacial score (nSPS) is 16.9. The summed E-state index contributed by atoms with van der Waals surface area (Å²) in [7, 11) is 0. The standard InChI is InChI=1S/C14H15NO5/c1-8-11(4-5-13(16)17)20-12-3-2-9(7-14(18)19)6-10(12)15-8/h2-3,6,11H,4-5,7H2,1H3,(H,16,17)(H,18,19). The average molecular weight is 277 g/mol. The van der Waals surface area contributed by atoms with Crippen LogP contribution in [-0.4, -0.2) is 34.0 Å². The topological polar surface area (TPSA) is 96.2 Å². The van der Waals surface area contributed by atoms with Crippen LogP contribution >= 0.6 is 0 Å². The van der Waals surface area contributed by atoms with Gasteiger partial charge in [-0.3, -0.25) is 14.6 Å². The molecular formula is C14H15NO5.